The first-order chi connectivity index (χ1) is 9.59. The summed E-state index contributed by atoms with van der Waals surface area (Å²) in [4.78, 5) is 4.44. The minimum Gasteiger partial charge on any atom is -0.472 e. The minimum atomic E-state index is -2.82. The van der Waals surface area contributed by atoms with Crippen molar-refractivity contribution in [1.29, 1.82) is 0 Å². The minimum absolute atomic E-state index is 0.179. The van der Waals surface area contributed by atoms with E-state index in [1.54, 1.807) is 12.5 Å². The maximum atomic E-state index is 11.4. The van der Waals surface area contributed by atoms with Crippen LogP contribution in [0.25, 0.3) is 0 Å². The molecule has 1 saturated heterocycles. The van der Waals surface area contributed by atoms with Crippen LogP contribution < -0.4 is 10.6 Å². The highest BCUT2D eigenvalue weighted by molar-refractivity contribution is 7.91. The molecule has 20 heavy (non-hydrogen) atoms. The van der Waals surface area contributed by atoms with E-state index < -0.39 is 9.84 Å². The van der Waals surface area contributed by atoms with E-state index in [1.807, 2.05) is 13.0 Å². The van der Waals surface area contributed by atoms with Crippen LogP contribution in [-0.4, -0.2) is 39.0 Å². The highest BCUT2D eigenvalue weighted by atomic mass is 32.2. The predicted octanol–water partition coefficient (Wildman–Crippen LogP) is 0.769. The molecule has 2 heterocycles. The van der Waals surface area contributed by atoms with Crippen molar-refractivity contribution in [3.8, 4) is 0 Å². The first kappa shape index (κ1) is 14.9. The standard InChI is InChI=1S/C13H21N3O3S/c1-2-14-13(15-7-11-3-5-19-9-11)16-8-12-4-6-20(17,18)10-12/h3,5,9,12H,2,4,6-8,10H2,1H3,(H2,14,15,16). The highest BCUT2D eigenvalue weighted by Crippen LogP contribution is 2.17. The molecule has 1 aromatic rings. The molecule has 1 fully saturated rings. The Morgan fingerprint density at radius 3 is 2.95 bits per heavy atom. The quantitative estimate of drug-likeness (QED) is 0.620. The third-order valence-corrected chi connectivity index (χ3v) is 5.07. The van der Waals surface area contributed by atoms with E-state index in [4.69, 9.17) is 4.42 Å². The number of nitrogens with zero attached hydrogens (tertiary/aromatic N) is 1. The van der Waals surface area contributed by atoms with Crippen LogP contribution in [0.4, 0.5) is 0 Å². The van der Waals surface area contributed by atoms with E-state index in [0.717, 1.165) is 18.5 Å². The number of sulfone groups is 1. The van der Waals surface area contributed by atoms with Gasteiger partial charge in [-0.25, -0.2) is 13.4 Å². The Kier molecular flexibility index (Phi) is 5.05. The lowest BCUT2D eigenvalue weighted by Gasteiger charge is -2.14. The zero-order chi connectivity index (χ0) is 14.4. The molecule has 1 aliphatic rings. The summed E-state index contributed by atoms with van der Waals surface area (Å²) in [6.45, 7) is 3.93. The number of nitrogens with one attached hydrogen (secondary N) is 2. The van der Waals surface area contributed by atoms with Crippen LogP contribution in [0.15, 0.2) is 28.0 Å². The molecule has 0 saturated carbocycles. The molecule has 0 bridgehead atoms. The molecule has 1 aromatic heterocycles. The van der Waals surface area contributed by atoms with Crippen LogP contribution in [0.3, 0.4) is 0 Å². The number of rotatable bonds is 5. The van der Waals surface area contributed by atoms with Gasteiger partial charge in [0.05, 0.1) is 30.6 Å². The second-order valence-corrected chi connectivity index (χ2v) is 7.21. The summed E-state index contributed by atoms with van der Waals surface area (Å²) in [6, 6.07) is 1.87. The molecule has 0 radical (unpaired) electrons. The Labute approximate surface area is 119 Å². The lowest BCUT2D eigenvalue weighted by molar-refractivity contribution is 0.562. The molecule has 0 aromatic carbocycles. The Hall–Kier alpha value is -1.50. The second kappa shape index (κ2) is 6.78. The SMILES string of the molecule is CCNC(=NCc1ccoc1)NCC1CCS(=O)(=O)C1. The van der Waals surface area contributed by atoms with E-state index in [9.17, 15) is 8.42 Å². The van der Waals surface area contributed by atoms with E-state index in [0.29, 0.717) is 24.8 Å². The Morgan fingerprint density at radius 2 is 2.35 bits per heavy atom. The van der Waals surface area contributed by atoms with Gasteiger partial charge in [0.15, 0.2) is 15.8 Å². The van der Waals surface area contributed by atoms with Gasteiger partial charge in [-0.1, -0.05) is 0 Å². The summed E-state index contributed by atoms with van der Waals surface area (Å²) >= 11 is 0. The summed E-state index contributed by atoms with van der Waals surface area (Å²) in [5.41, 5.74) is 1.01. The van der Waals surface area contributed by atoms with E-state index in [-0.39, 0.29) is 11.7 Å². The summed E-state index contributed by atoms with van der Waals surface area (Å²) in [5.74, 6) is 1.47. The molecule has 1 atom stereocenters. The predicted molar refractivity (Wildman–Crippen MR) is 78.3 cm³/mol. The molecular formula is C13H21N3O3S. The van der Waals surface area contributed by atoms with Gasteiger partial charge in [0.25, 0.3) is 0 Å². The molecule has 0 amide bonds. The van der Waals surface area contributed by atoms with Crippen LogP contribution >= 0.6 is 0 Å². The molecule has 1 aliphatic heterocycles. The number of aliphatic imine (C=N–C) groups is 1. The van der Waals surface area contributed by atoms with Crippen LogP contribution in [0.2, 0.25) is 0 Å². The van der Waals surface area contributed by atoms with Gasteiger partial charge in [0, 0.05) is 18.7 Å². The first-order valence-electron chi connectivity index (χ1n) is 6.83. The average Bonchev–Trinajstić information content (AvgIpc) is 3.02. The van der Waals surface area contributed by atoms with Crippen molar-refractivity contribution in [3.05, 3.63) is 24.2 Å². The number of hydrogen-bond donors (Lipinski definition) is 2. The van der Waals surface area contributed by atoms with Gasteiger partial charge in [-0.3, -0.25) is 0 Å². The fraction of sp³-hybridized carbons (Fsp3) is 0.615. The lowest BCUT2D eigenvalue weighted by atomic mass is 10.1. The van der Waals surface area contributed by atoms with Crippen LogP contribution in [0.5, 0.6) is 0 Å². The zero-order valence-electron chi connectivity index (χ0n) is 11.6. The lowest BCUT2D eigenvalue weighted by Crippen LogP contribution is -2.40. The summed E-state index contributed by atoms with van der Waals surface area (Å²) < 4.78 is 27.8. The van der Waals surface area contributed by atoms with Crippen molar-refractivity contribution < 1.29 is 12.8 Å². The molecule has 0 aliphatic carbocycles. The van der Waals surface area contributed by atoms with E-state index in [1.165, 1.54) is 0 Å². The van der Waals surface area contributed by atoms with E-state index >= 15 is 0 Å². The molecule has 7 heteroatoms. The van der Waals surface area contributed by atoms with Crippen molar-refractivity contribution in [2.24, 2.45) is 10.9 Å². The smallest absolute Gasteiger partial charge is 0.191 e. The van der Waals surface area contributed by atoms with Crippen molar-refractivity contribution in [3.63, 3.8) is 0 Å². The highest BCUT2D eigenvalue weighted by Gasteiger charge is 2.27. The van der Waals surface area contributed by atoms with Gasteiger partial charge in [0.2, 0.25) is 0 Å². The van der Waals surface area contributed by atoms with Crippen LogP contribution in [-0.2, 0) is 16.4 Å². The van der Waals surface area contributed by atoms with Crippen molar-refractivity contribution in [2.75, 3.05) is 24.6 Å². The molecule has 0 spiro atoms. The molecule has 1 unspecified atom stereocenters. The normalized spacial score (nSPS) is 21.9. The van der Waals surface area contributed by atoms with Gasteiger partial charge in [-0.2, -0.15) is 0 Å². The number of guanidine groups is 1. The Morgan fingerprint density at radius 1 is 1.50 bits per heavy atom. The van der Waals surface area contributed by atoms with Crippen molar-refractivity contribution >= 4 is 15.8 Å². The van der Waals surface area contributed by atoms with Gasteiger partial charge in [-0.05, 0) is 25.3 Å². The molecule has 2 N–H and O–H groups in total. The van der Waals surface area contributed by atoms with E-state index in [2.05, 4.69) is 15.6 Å². The average molecular weight is 299 g/mol. The maximum absolute atomic E-state index is 11.4. The van der Waals surface area contributed by atoms with Crippen LogP contribution in [0, 0.1) is 5.92 Å². The van der Waals surface area contributed by atoms with Crippen molar-refractivity contribution in [2.45, 2.75) is 19.9 Å². The number of hydrogen-bond acceptors (Lipinski definition) is 4. The van der Waals surface area contributed by atoms with Crippen molar-refractivity contribution in [1.82, 2.24) is 10.6 Å². The van der Waals surface area contributed by atoms with Gasteiger partial charge >= 0.3 is 0 Å². The summed E-state index contributed by atoms with van der Waals surface area (Å²) in [7, 11) is -2.82. The number of furan rings is 1. The molecule has 2 rings (SSSR count). The molecular weight excluding hydrogens is 278 g/mol. The molecule has 6 nitrogen and oxygen atoms in total. The fourth-order valence-electron chi connectivity index (χ4n) is 2.17. The first-order valence-corrected chi connectivity index (χ1v) is 8.65. The summed E-state index contributed by atoms with van der Waals surface area (Å²) in [6.07, 6.45) is 4.02. The van der Waals surface area contributed by atoms with Gasteiger partial charge < -0.3 is 15.1 Å². The third-order valence-electron chi connectivity index (χ3n) is 3.23. The van der Waals surface area contributed by atoms with Crippen LogP contribution in [0.1, 0.15) is 18.9 Å². The topological polar surface area (TPSA) is 83.7 Å². The maximum Gasteiger partial charge on any atom is 0.191 e. The summed E-state index contributed by atoms with van der Waals surface area (Å²) in [5, 5.41) is 6.36. The molecule has 112 valence electrons. The van der Waals surface area contributed by atoms with Gasteiger partial charge in [0.1, 0.15) is 0 Å². The fourth-order valence-corrected chi connectivity index (χ4v) is 4.03. The second-order valence-electron chi connectivity index (χ2n) is 4.98. The Bertz CT molecular complexity index is 537. The van der Waals surface area contributed by atoms with Gasteiger partial charge in [-0.15, -0.1) is 0 Å². The third kappa shape index (κ3) is 4.56. The monoisotopic (exact) mass is 299 g/mol. The largest absolute Gasteiger partial charge is 0.472 e. The Balaban J connectivity index is 1.84. The zero-order valence-corrected chi connectivity index (χ0v) is 12.4.